The van der Waals surface area contributed by atoms with Crippen LogP contribution in [0.15, 0.2) is 36.5 Å². The summed E-state index contributed by atoms with van der Waals surface area (Å²) in [6.07, 6.45) is 1.69. The predicted molar refractivity (Wildman–Crippen MR) is 64.9 cm³/mol. The number of pyridine rings is 1. The van der Waals surface area contributed by atoms with Crippen LogP contribution in [0, 0.1) is 0 Å². The molecule has 0 aliphatic rings. The standard InChI is InChI=1S/C12H11N5O/c1-17-15-12(14-16-17)8-18-10-6-9-4-2-3-5-11(9)13-7-10/h2-7H,8H2,1H3. The third-order valence-corrected chi connectivity index (χ3v) is 2.48. The van der Waals surface area contributed by atoms with Crippen LogP contribution in [0.5, 0.6) is 5.75 Å². The molecule has 0 saturated carbocycles. The molecule has 0 fully saturated rings. The maximum atomic E-state index is 5.57. The molecule has 90 valence electrons. The second kappa shape index (κ2) is 4.40. The topological polar surface area (TPSA) is 65.7 Å². The first-order chi connectivity index (χ1) is 8.81. The van der Waals surface area contributed by atoms with E-state index in [0.717, 1.165) is 10.9 Å². The highest BCUT2D eigenvalue weighted by Crippen LogP contribution is 2.18. The first kappa shape index (κ1) is 10.6. The monoisotopic (exact) mass is 241 g/mol. The Morgan fingerprint density at radius 2 is 2.17 bits per heavy atom. The van der Waals surface area contributed by atoms with E-state index in [1.165, 1.54) is 4.80 Å². The van der Waals surface area contributed by atoms with Crippen molar-refractivity contribution < 1.29 is 4.74 Å². The molecule has 0 saturated heterocycles. The molecule has 2 aromatic heterocycles. The van der Waals surface area contributed by atoms with Crippen LogP contribution < -0.4 is 4.74 Å². The van der Waals surface area contributed by atoms with Crippen molar-refractivity contribution in [3.63, 3.8) is 0 Å². The number of ether oxygens (including phenoxy) is 1. The number of para-hydroxylation sites is 1. The van der Waals surface area contributed by atoms with Crippen molar-refractivity contribution >= 4 is 10.9 Å². The first-order valence-electron chi connectivity index (χ1n) is 5.52. The van der Waals surface area contributed by atoms with Gasteiger partial charge in [-0.25, -0.2) is 0 Å². The van der Waals surface area contributed by atoms with Gasteiger partial charge in [-0.05, 0) is 17.3 Å². The lowest BCUT2D eigenvalue weighted by Crippen LogP contribution is -1.99. The highest BCUT2D eigenvalue weighted by atomic mass is 16.5. The van der Waals surface area contributed by atoms with Gasteiger partial charge in [0, 0.05) is 5.39 Å². The summed E-state index contributed by atoms with van der Waals surface area (Å²) in [4.78, 5) is 5.71. The molecular weight excluding hydrogens is 230 g/mol. The van der Waals surface area contributed by atoms with Gasteiger partial charge >= 0.3 is 0 Å². The molecule has 0 amide bonds. The zero-order valence-corrected chi connectivity index (χ0v) is 9.82. The van der Waals surface area contributed by atoms with Crippen LogP contribution in [-0.2, 0) is 13.7 Å². The van der Waals surface area contributed by atoms with Crippen LogP contribution in [-0.4, -0.2) is 25.2 Å². The minimum absolute atomic E-state index is 0.286. The van der Waals surface area contributed by atoms with Gasteiger partial charge in [-0.3, -0.25) is 4.98 Å². The van der Waals surface area contributed by atoms with Crippen molar-refractivity contribution in [3.05, 3.63) is 42.4 Å². The lowest BCUT2D eigenvalue weighted by molar-refractivity contribution is 0.294. The van der Waals surface area contributed by atoms with Crippen molar-refractivity contribution in [2.75, 3.05) is 0 Å². The van der Waals surface area contributed by atoms with Gasteiger partial charge in [0.15, 0.2) is 6.61 Å². The van der Waals surface area contributed by atoms with Crippen molar-refractivity contribution in [1.82, 2.24) is 25.2 Å². The fourth-order valence-corrected chi connectivity index (χ4v) is 1.66. The molecule has 0 bridgehead atoms. The SMILES string of the molecule is Cn1nnc(COc2cnc3ccccc3c2)n1. The molecular formula is C12H11N5O. The number of nitrogens with zero attached hydrogens (tertiary/aromatic N) is 5. The van der Waals surface area contributed by atoms with Crippen LogP contribution in [0.3, 0.4) is 0 Å². The van der Waals surface area contributed by atoms with Gasteiger partial charge in [-0.15, -0.1) is 10.2 Å². The smallest absolute Gasteiger partial charge is 0.212 e. The summed E-state index contributed by atoms with van der Waals surface area (Å²) >= 11 is 0. The Morgan fingerprint density at radius 1 is 1.28 bits per heavy atom. The Balaban J connectivity index is 1.78. The molecule has 0 spiro atoms. The molecule has 0 aliphatic carbocycles. The van der Waals surface area contributed by atoms with E-state index in [-0.39, 0.29) is 6.61 Å². The van der Waals surface area contributed by atoms with Gasteiger partial charge in [0.25, 0.3) is 0 Å². The average molecular weight is 241 g/mol. The minimum atomic E-state index is 0.286. The summed E-state index contributed by atoms with van der Waals surface area (Å²) in [5, 5.41) is 12.7. The summed E-state index contributed by atoms with van der Waals surface area (Å²) in [6.45, 7) is 0.286. The van der Waals surface area contributed by atoms with E-state index in [1.807, 2.05) is 30.3 Å². The van der Waals surface area contributed by atoms with E-state index >= 15 is 0 Å². The summed E-state index contributed by atoms with van der Waals surface area (Å²) in [5.41, 5.74) is 0.947. The van der Waals surface area contributed by atoms with Crippen LogP contribution in [0.25, 0.3) is 10.9 Å². The quantitative estimate of drug-likeness (QED) is 0.692. The normalized spacial score (nSPS) is 10.7. The molecule has 0 atom stereocenters. The van der Waals surface area contributed by atoms with Gasteiger partial charge in [0.2, 0.25) is 5.82 Å². The Morgan fingerprint density at radius 3 is 3.00 bits per heavy atom. The lowest BCUT2D eigenvalue weighted by atomic mass is 10.2. The molecule has 18 heavy (non-hydrogen) atoms. The van der Waals surface area contributed by atoms with Crippen molar-refractivity contribution in [1.29, 1.82) is 0 Å². The van der Waals surface area contributed by atoms with Crippen molar-refractivity contribution in [2.24, 2.45) is 7.05 Å². The number of fused-ring (bicyclic) bond motifs is 1. The molecule has 0 N–H and O–H groups in total. The van der Waals surface area contributed by atoms with Gasteiger partial charge in [0.1, 0.15) is 5.75 Å². The minimum Gasteiger partial charge on any atom is -0.484 e. The van der Waals surface area contributed by atoms with Gasteiger partial charge in [-0.2, -0.15) is 4.80 Å². The van der Waals surface area contributed by atoms with E-state index in [2.05, 4.69) is 20.4 Å². The number of aromatic nitrogens is 5. The molecule has 3 aromatic rings. The molecule has 0 unspecified atom stereocenters. The summed E-state index contributed by atoms with van der Waals surface area (Å²) in [6, 6.07) is 9.83. The number of tetrazole rings is 1. The zero-order chi connectivity index (χ0) is 12.4. The highest BCUT2D eigenvalue weighted by molar-refractivity contribution is 5.79. The molecule has 0 radical (unpaired) electrons. The highest BCUT2D eigenvalue weighted by Gasteiger charge is 2.03. The van der Waals surface area contributed by atoms with E-state index in [9.17, 15) is 0 Å². The maximum Gasteiger partial charge on any atom is 0.212 e. The number of benzene rings is 1. The number of hydrogen-bond acceptors (Lipinski definition) is 5. The van der Waals surface area contributed by atoms with E-state index in [0.29, 0.717) is 11.6 Å². The predicted octanol–water partition coefficient (Wildman–Crippen LogP) is 1.34. The second-order valence-electron chi connectivity index (χ2n) is 3.85. The van der Waals surface area contributed by atoms with Crippen molar-refractivity contribution in [2.45, 2.75) is 6.61 Å². The Bertz CT molecular complexity index is 679. The van der Waals surface area contributed by atoms with Crippen LogP contribution in [0.4, 0.5) is 0 Å². The Kier molecular flexibility index (Phi) is 2.60. The Labute approximate surface area is 103 Å². The first-order valence-corrected chi connectivity index (χ1v) is 5.52. The molecule has 2 heterocycles. The second-order valence-corrected chi connectivity index (χ2v) is 3.85. The number of hydrogen-bond donors (Lipinski definition) is 0. The molecule has 6 heteroatoms. The van der Waals surface area contributed by atoms with Gasteiger partial charge in [-0.1, -0.05) is 18.2 Å². The summed E-state index contributed by atoms with van der Waals surface area (Å²) < 4.78 is 5.57. The summed E-state index contributed by atoms with van der Waals surface area (Å²) in [7, 11) is 1.72. The third-order valence-electron chi connectivity index (χ3n) is 2.48. The van der Waals surface area contributed by atoms with Crippen molar-refractivity contribution in [3.8, 4) is 5.75 Å². The third kappa shape index (κ3) is 2.13. The fraction of sp³-hybridized carbons (Fsp3) is 0.167. The molecule has 3 rings (SSSR count). The summed E-state index contributed by atoms with van der Waals surface area (Å²) in [5.74, 6) is 1.24. The van der Waals surface area contributed by atoms with E-state index in [1.54, 1.807) is 13.2 Å². The van der Waals surface area contributed by atoms with Crippen LogP contribution in [0.1, 0.15) is 5.82 Å². The van der Waals surface area contributed by atoms with E-state index in [4.69, 9.17) is 4.74 Å². The fourth-order valence-electron chi connectivity index (χ4n) is 1.66. The molecule has 0 aliphatic heterocycles. The number of rotatable bonds is 3. The van der Waals surface area contributed by atoms with Crippen LogP contribution >= 0.6 is 0 Å². The zero-order valence-electron chi connectivity index (χ0n) is 9.82. The van der Waals surface area contributed by atoms with Gasteiger partial charge in [0.05, 0.1) is 18.8 Å². The number of aryl methyl sites for hydroxylation is 1. The van der Waals surface area contributed by atoms with E-state index < -0.39 is 0 Å². The lowest BCUT2D eigenvalue weighted by Gasteiger charge is -2.04. The maximum absolute atomic E-state index is 5.57. The average Bonchev–Trinajstić information content (AvgIpc) is 2.82. The van der Waals surface area contributed by atoms with Gasteiger partial charge < -0.3 is 4.74 Å². The largest absolute Gasteiger partial charge is 0.484 e. The Hall–Kier alpha value is -2.50. The van der Waals surface area contributed by atoms with Crippen LogP contribution in [0.2, 0.25) is 0 Å². The molecule has 1 aromatic carbocycles. The molecule has 6 nitrogen and oxygen atoms in total.